The third kappa shape index (κ3) is 6.64. The molecule has 0 spiro atoms. The summed E-state index contributed by atoms with van der Waals surface area (Å²) in [5.41, 5.74) is 0.378. The van der Waals surface area contributed by atoms with Crippen LogP contribution in [0.3, 0.4) is 0 Å². The van der Waals surface area contributed by atoms with Crippen molar-refractivity contribution in [3.8, 4) is 0 Å². The van der Waals surface area contributed by atoms with Gasteiger partial charge in [-0.15, -0.1) is 11.6 Å². The summed E-state index contributed by atoms with van der Waals surface area (Å²) in [5.74, 6) is 0.766. The Kier molecular flexibility index (Phi) is 5.11. The second kappa shape index (κ2) is 5.00. The lowest BCUT2D eigenvalue weighted by Gasteiger charge is -2.26. The zero-order chi connectivity index (χ0) is 8.91. The number of hydrogen-bond acceptors (Lipinski definition) is 1. The third-order valence-corrected chi connectivity index (χ3v) is 1.85. The summed E-state index contributed by atoms with van der Waals surface area (Å²) in [6.07, 6.45) is 1.25. The Morgan fingerprint density at radius 1 is 1.36 bits per heavy atom. The van der Waals surface area contributed by atoms with Gasteiger partial charge in [0.25, 0.3) is 0 Å². The number of alkyl halides is 1. The van der Waals surface area contributed by atoms with Crippen molar-refractivity contribution in [3.05, 3.63) is 0 Å². The maximum atomic E-state index is 5.53. The number of rotatable bonds is 5. The Bertz CT molecular complexity index is 99.7. The van der Waals surface area contributed by atoms with Crippen LogP contribution in [-0.4, -0.2) is 12.5 Å². The molecule has 0 aromatic carbocycles. The predicted octanol–water partition coefficient (Wildman–Crippen LogP) is 2.84. The summed E-state index contributed by atoms with van der Waals surface area (Å²) in [6, 6.07) is 0.557. The van der Waals surface area contributed by atoms with Gasteiger partial charge in [-0.05, 0) is 17.8 Å². The summed E-state index contributed by atoms with van der Waals surface area (Å²) in [5, 5.41) is 3.16. The smallest absolute Gasteiger partial charge is 0.0713 e. The van der Waals surface area contributed by atoms with Gasteiger partial charge in [-0.2, -0.15) is 0 Å². The predicted molar refractivity (Wildman–Crippen MR) is 52.0 cm³/mol. The van der Waals surface area contributed by atoms with Crippen LogP contribution < -0.4 is 5.32 Å². The molecular weight excluding hydrogens is 158 g/mol. The zero-order valence-corrected chi connectivity index (χ0v) is 8.83. The van der Waals surface area contributed by atoms with E-state index in [2.05, 4.69) is 33.0 Å². The highest BCUT2D eigenvalue weighted by molar-refractivity contribution is 6.17. The highest BCUT2D eigenvalue weighted by Crippen LogP contribution is 2.23. The van der Waals surface area contributed by atoms with Crippen molar-refractivity contribution < 1.29 is 0 Å². The van der Waals surface area contributed by atoms with Gasteiger partial charge in [0.1, 0.15) is 0 Å². The van der Waals surface area contributed by atoms with Crippen molar-refractivity contribution in [1.82, 2.24) is 5.32 Å². The lowest BCUT2D eigenvalue weighted by Crippen LogP contribution is -2.29. The molecule has 2 heteroatoms. The van der Waals surface area contributed by atoms with Crippen LogP contribution in [-0.2, 0) is 0 Å². The van der Waals surface area contributed by atoms with Crippen LogP contribution in [0.4, 0.5) is 0 Å². The van der Waals surface area contributed by atoms with Gasteiger partial charge in [0.2, 0.25) is 0 Å². The Morgan fingerprint density at radius 3 is 2.27 bits per heavy atom. The first-order valence-electron chi connectivity index (χ1n) is 4.24. The molecule has 0 aliphatic carbocycles. The van der Waals surface area contributed by atoms with Crippen LogP contribution in [0.5, 0.6) is 0 Å². The van der Waals surface area contributed by atoms with Crippen molar-refractivity contribution in [2.75, 3.05) is 12.5 Å². The second-order valence-corrected chi connectivity index (χ2v) is 4.59. The fourth-order valence-electron chi connectivity index (χ4n) is 1.56. The maximum absolute atomic E-state index is 5.53. The van der Waals surface area contributed by atoms with E-state index in [9.17, 15) is 0 Å². The molecule has 0 aromatic heterocycles. The monoisotopic (exact) mass is 177 g/mol. The molecule has 0 rings (SSSR count). The van der Waals surface area contributed by atoms with Gasteiger partial charge in [-0.3, -0.25) is 0 Å². The van der Waals surface area contributed by atoms with E-state index in [0.29, 0.717) is 11.4 Å². The normalized spacial score (nSPS) is 12.5. The van der Waals surface area contributed by atoms with E-state index in [0.717, 1.165) is 12.5 Å². The molecule has 0 aliphatic rings. The van der Waals surface area contributed by atoms with Crippen LogP contribution in [0.2, 0.25) is 0 Å². The van der Waals surface area contributed by atoms with Crippen LogP contribution >= 0.6 is 11.6 Å². The fourth-order valence-corrected chi connectivity index (χ4v) is 1.66. The lowest BCUT2D eigenvalue weighted by molar-refractivity contribution is 0.279. The maximum Gasteiger partial charge on any atom is 0.0713 e. The molecule has 0 fully saturated rings. The van der Waals surface area contributed by atoms with Crippen molar-refractivity contribution >= 4 is 11.6 Å². The van der Waals surface area contributed by atoms with Crippen LogP contribution in [0.15, 0.2) is 0 Å². The molecule has 0 unspecified atom stereocenters. The summed E-state index contributed by atoms with van der Waals surface area (Å²) in [4.78, 5) is 0. The summed E-state index contributed by atoms with van der Waals surface area (Å²) < 4.78 is 0. The molecule has 0 aliphatic heterocycles. The van der Waals surface area contributed by atoms with Gasteiger partial charge < -0.3 is 5.32 Å². The third-order valence-electron chi connectivity index (χ3n) is 1.66. The van der Waals surface area contributed by atoms with Gasteiger partial charge >= 0.3 is 0 Å². The van der Waals surface area contributed by atoms with Crippen molar-refractivity contribution in [1.29, 1.82) is 0 Å². The van der Waals surface area contributed by atoms with E-state index in [4.69, 9.17) is 11.6 Å². The molecule has 0 atom stereocenters. The highest BCUT2D eigenvalue weighted by Gasteiger charge is 2.18. The van der Waals surface area contributed by atoms with Crippen LogP contribution in [0.1, 0.15) is 34.1 Å². The Balaban J connectivity index is 3.61. The molecule has 0 amide bonds. The van der Waals surface area contributed by atoms with Crippen molar-refractivity contribution in [2.24, 2.45) is 11.3 Å². The Hall–Kier alpha value is 0.250. The topological polar surface area (TPSA) is 12.0 Å². The molecule has 0 heterocycles. The second-order valence-electron chi connectivity index (χ2n) is 4.32. The van der Waals surface area contributed by atoms with E-state index < -0.39 is 0 Å². The quantitative estimate of drug-likeness (QED) is 0.503. The van der Waals surface area contributed by atoms with Crippen LogP contribution in [0.25, 0.3) is 0 Å². The first-order valence-corrected chi connectivity index (χ1v) is 4.78. The largest absolute Gasteiger partial charge is 0.303 e. The average Bonchev–Trinajstić information content (AvgIpc) is 1.81. The summed E-state index contributed by atoms with van der Waals surface area (Å²) >= 11 is 5.53. The van der Waals surface area contributed by atoms with Crippen molar-refractivity contribution in [2.45, 2.75) is 34.1 Å². The minimum atomic E-state index is 0.378. The molecule has 1 nitrogen and oxygen atoms in total. The van der Waals surface area contributed by atoms with Gasteiger partial charge in [-0.25, -0.2) is 0 Å². The number of halogens is 1. The summed E-state index contributed by atoms with van der Waals surface area (Å²) in [7, 11) is 0. The number of nitrogens with one attached hydrogen (secondary N) is 1. The molecule has 0 saturated carbocycles. The van der Waals surface area contributed by atoms with Gasteiger partial charge in [0.15, 0.2) is 0 Å². The van der Waals surface area contributed by atoms with E-state index >= 15 is 0 Å². The molecule has 0 bridgehead atoms. The fraction of sp³-hybridized carbons (Fsp3) is 1.00. The molecule has 0 aromatic rings. The summed E-state index contributed by atoms with van der Waals surface area (Å²) in [6.45, 7) is 10.1. The molecule has 11 heavy (non-hydrogen) atoms. The molecule has 1 N–H and O–H groups in total. The van der Waals surface area contributed by atoms with E-state index in [-0.39, 0.29) is 0 Å². The zero-order valence-electron chi connectivity index (χ0n) is 8.08. The molecule has 0 saturated heterocycles. The molecular formula is C9H20ClN. The average molecular weight is 178 g/mol. The minimum absolute atomic E-state index is 0.378. The first-order chi connectivity index (χ1) is 4.98. The number of hydrogen-bond donors (Lipinski definition) is 1. The molecule has 68 valence electrons. The van der Waals surface area contributed by atoms with E-state index in [1.807, 2.05) is 0 Å². The lowest BCUT2D eigenvalue weighted by atomic mass is 9.84. The van der Waals surface area contributed by atoms with Gasteiger partial charge in [0.05, 0.1) is 6.00 Å². The first kappa shape index (κ1) is 11.2. The van der Waals surface area contributed by atoms with Crippen LogP contribution in [0, 0.1) is 11.3 Å². The van der Waals surface area contributed by atoms with E-state index in [1.165, 1.54) is 6.42 Å². The molecule has 0 radical (unpaired) electrons. The standard InChI is InChI=1S/C9H20ClN/c1-8(2)5-9(3,4)6-11-7-10/h8,11H,5-7H2,1-4H3. The SMILES string of the molecule is CC(C)CC(C)(C)CNCCl. The van der Waals surface area contributed by atoms with Gasteiger partial charge in [0, 0.05) is 6.54 Å². The van der Waals surface area contributed by atoms with E-state index in [1.54, 1.807) is 0 Å². The highest BCUT2D eigenvalue weighted by atomic mass is 35.5. The van der Waals surface area contributed by atoms with Gasteiger partial charge in [-0.1, -0.05) is 27.7 Å². The van der Waals surface area contributed by atoms with Crippen molar-refractivity contribution in [3.63, 3.8) is 0 Å². The Labute approximate surface area is 75.5 Å². The Morgan fingerprint density at radius 2 is 1.91 bits per heavy atom. The minimum Gasteiger partial charge on any atom is -0.303 e.